The van der Waals surface area contributed by atoms with Crippen LogP contribution >= 0.6 is 0 Å². The zero-order valence-electron chi connectivity index (χ0n) is 7.44. The molecule has 0 aromatic heterocycles. The van der Waals surface area contributed by atoms with Crippen molar-refractivity contribution in [1.82, 2.24) is 5.32 Å². The Labute approximate surface area is 71.5 Å². The molecule has 0 atom stereocenters. The zero-order valence-corrected chi connectivity index (χ0v) is 7.44. The molecule has 3 heteroatoms. The van der Waals surface area contributed by atoms with E-state index in [0.717, 1.165) is 19.3 Å². The van der Waals surface area contributed by atoms with Crippen LogP contribution in [0.25, 0.3) is 0 Å². The van der Waals surface area contributed by atoms with Crippen molar-refractivity contribution in [3.8, 4) is 0 Å². The van der Waals surface area contributed by atoms with E-state index in [2.05, 4.69) is 5.32 Å². The third-order valence-corrected chi connectivity index (χ3v) is 3.22. The quantitative estimate of drug-likeness (QED) is 0.655. The lowest BCUT2D eigenvalue weighted by molar-refractivity contribution is -0.179. The highest BCUT2D eigenvalue weighted by Crippen LogP contribution is 2.67. The number of hydrogen-bond donors (Lipinski definition) is 1. The van der Waals surface area contributed by atoms with Gasteiger partial charge in [-0.3, -0.25) is 9.59 Å². The predicted octanol–water partition coefficient (Wildman–Crippen LogP) is 0.634. The molecule has 0 aromatic carbocycles. The van der Waals surface area contributed by atoms with E-state index >= 15 is 0 Å². The summed E-state index contributed by atoms with van der Waals surface area (Å²) in [5.41, 5.74) is -0.0278. The van der Waals surface area contributed by atoms with Crippen molar-refractivity contribution < 1.29 is 9.59 Å². The molecule has 3 saturated carbocycles. The van der Waals surface area contributed by atoms with E-state index < -0.39 is 0 Å². The molecule has 12 heavy (non-hydrogen) atoms. The van der Waals surface area contributed by atoms with Crippen LogP contribution in [0.1, 0.15) is 33.1 Å². The SMILES string of the molecule is CC(=O)NC12CC(C(C)=O)(C1)C2. The van der Waals surface area contributed by atoms with E-state index in [9.17, 15) is 9.59 Å². The maximum atomic E-state index is 11.1. The molecule has 3 aliphatic rings. The van der Waals surface area contributed by atoms with Gasteiger partial charge in [0.15, 0.2) is 0 Å². The minimum absolute atomic E-state index is 0.0114. The monoisotopic (exact) mass is 167 g/mol. The van der Waals surface area contributed by atoms with Crippen LogP contribution in [0, 0.1) is 5.41 Å². The number of carbonyl (C=O) groups is 2. The molecule has 3 aliphatic carbocycles. The number of amides is 1. The summed E-state index contributed by atoms with van der Waals surface area (Å²) < 4.78 is 0. The van der Waals surface area contributed by atoms with Crippen molar-refractivity contribution in [2.75, 3.05) is 0 Å². The fraction of sp³-hybridized carbons (Fsp3) is 0.778. The second-order valence-corrected chi connectivity index (χ2v) is 4.33. The van der Waals surface area contributed by atoms with Crippen LogP contribution in [-0.2, 0) is 9.59 Å². The summed E-state index contributed by atoms with van der Waals surface area (Å²) in [5.74, 6) is 0.307. The molecule has 0 heterocycles. The molecule has 0 unspecified atom stereocenters. The van der Waals surface area contributed by atoms with Gasteiger partial charge in [0.05, 0.1) is 0 Å². The molecule has 3 rings (SSSR count). The van der Waals surface area contributed by atoms with Crippen molar-refractivity contribution in [3.63, 3.8) is 0 Å². The van der Waals surface area contributed by atoms with Gasteiger partial charge in [-0.15, -0.1) is 0 Å². The maximum absolute atomic E-state index is 11.1. The van der Waals surface area contributed by atoms with Gasteiger partial charge in [0, 0.05) is 17.9 Å². The van der Waals surface area contributed by atoms with Crippen molar-refractivity contribution in [1.29, 1.82) is 0 Å². The fourth-order valence-electron chi connectivity index (χ4n) is 2.67. The molecule has 0 aromatic rings. The van der Waals surface area contributed by atoms with Crippen molar-refractivity contribution >= 4 is 11.7 Å². The lowest BCUT2D eigenvalue weighted by atomic mass is 9.38. The molecule has 1 N–H and O–H groups in total. The highest BCUT2D eigenvalue weighted by molar-refractivity contribution is 5.88. The summed E-state index contributed by atoms with van der Waals surface area (Å²) in [6.45, 7) is 3.18. The molecule has 3 fully saturated rings. The molecule has 66 valence electrons. The lowest BCUT2D eigenvalue weighted by Gasteiger charge is -2.69. The Morgan fingerprint density at radius 2 is 1.67 bits per heavy atom. The van der Waals surface area contributed by atoms with E-state index in [4.69, 9.17) is 0 Å². The average molecular weight is 167 g/mol. The number of hydrogen-bond acceptors (Lipinski definition) is 2. The van der Waals surface area contributed by atoms with Gasteiger partial charge in [-0.05, 0) is 26.2 Å². The standard InChI is InChI=1S/C9H13NO2/c1-6(11)8-3-9(4-8,5-8)10-7(2)12/h3-5H2,1-2H3,(H,10,12). The highest BCUT2D eigenvalue weighted by atomic mass is 16.1. The van der Waals surface area contributed by atoms with Crippen LogP contribution in [0.5, 0.6) is 0 Å². The first-order chi connectivity index (χ1) is 5.48. The van der Waals surface area contributed by atoms with Gasteiger partial charge in [0.2, 0.25) is 5.91 Å². The van der Waals surface area contributed by atoms with E-state index in [1.54, 1.807) is 6.92 Å². The first-order valence-electron chi connectivity index (χ1n) is 4.28. The number of carbonyl (C=O) groups excluding carboxylic acids is 2. The smallest absolute Gasteiger partial charge is 0.217 e. The molecular formula is C9H13NO2. The van der Waals surface area contributed by atoms with Gasteiger partial charge in [-0.2, -0.15) is 0 Å². The molecular weight excluding hydrogens is 154 g/mol. The maximum Gasteiger partial charge on any atom is 0.217 e. The first kappa shape index (κ1) is 7.77. The highest BCUT2D eigenvalue weighted by Gasteiger charge is 2.70. The second kappa shape index (κ2) is 1.90. The number of ketones is 1. The Morgan fingerprint density at radius 1 is 1.17 bits per heavy atom. The van der Waals surface area contributed by atoms with Crippen LogP contribution in [0.2, 0.25) is 0 Å². The lowest BCUT2D eigenvalue weighted by Crippen LogP contribution is -2.76. The summed E-state index contributed by atoms with van der Waals surface area (Å²) in [6, 6.07) is 0. The van der Waals surface area contributed by atoms with E-state index in [1.807, 2.05) is 0 Å². The van der Waals surface area contributed by atoms with E-state index in [-0.39, 0.29) is 22.6 Å². The Balaban J connectivity index is 1.95. The third kappa shape index (κ3) is 0.765. The minimum atomic E-state index is -0.0392. The van der Waals surface area contributed by atoms with Crippen LogP contribution in [-0.4, -0.2) is 17.2 Å². The fourth-order valence-corrected chi connectivity index (χ4v) is 2.67. The number of rotatable bonds is 2. The van der Waals surface area contributed by atoms with Crippen LogP contribution in [0.15, 0.2) is 0 Å². The van der Waals surface area contributed by atoms with Crippen molar-refractivity contribution in [3.05, 3.63) is 0 Å². The minimum Gasteiger partial charge on any atom is -0.351 e. The van der Waals surface area contributed by atoms with Crippen LogP contribution in [0.3, 0.4) is 0 Å². The zero-order chi connectivity index (χ0) is 8.98. The van der Waals surface area contributed by atoms with Gasteiger partial charge in [0.25, 0.3) is 0 Å². The van der Waals surface area contributed by atoms with Crippen molar-refractivity contribution in [2.24, 2.45) is 5.41 Å². The normalized spacial score (nSPS) is 42.5. The average Bonchev–Trinajstić information content (AvgIpc) is 1.72. The molecule has 3 nitrogen and oxygen atoms in total. The van der Waals surface area contributed by atoms with Gasteiger partial charge in [-0.25, -0.2) is 0 Å². The first-order valence-corrected chi connectivity index (χ1v) is 4.28. The van der Waals surface area contributed by atoms with E-state index in [1.165, 1.54) is 6.92 Å². The van der Waals surface area contributed by atoms with Crippen LogP contribution < -0.4 is 5.32 Å². The Bertz CT molecular complexity index is 250. The van der Waals surface area contributed by atoms with Gasteiger partial charge < -0.3 is 5.32 Å². The predicted molar refractivity (Wildman–Crippen MR) is 43.5 cm³/mol. The summed E-state index contributed by atoms with van der Waals surface area (Å²) in [7, 11) is 0. The Morgan fingerprint density at radius 3 is 2.00 bits per heavy atom. The topological polar surface area (TPSA) is 46.2 Å². The summed E-state index contributed by atoms with van der Waals surface area (Å²) in [4.78, 5) is 21.9. The number of nitrogens with one attached hydrogen (secondary N) is 1. The molecule has 2 bridgehead atoms. The molecule has 0 aliphatic heterocycles. The van der Waals surface area contributed by atoms with Crippen molar-refractivity contribution in [2.45, 2.75) is 38.6 Å². The molecule has 0 spiro atoms. The van der Waals surface area contributed by atoms with Gasteiger partial charge in [0.1, 0.15) is 5.78 Å². The second-order valence-electron chi connectivity index (χ2n) is 4.33. The molecule has 1 amide bonds. The summed E-state index contributed by atoms with van der Waals surface area (Å²) >= 11 is 0. The third-order valence-electron chi connectivity index (χ3n) is 3.22. The van der Waals surface area contributed by atoms with Crippen LogP contribution in [0.4, 0.5) is 0 Å². The summed E-state index contributed by atoms with van der Waals surface area (Å²) in [6.07, 6.45) is 2.61. The largest absolute Gasteiger partial charge is 0.351 e. The Kier molecular flexibility index (Phi) is 1.23. The van der Waals surface area contributed by atoms with Gasteiger partial charge >= 0.3 is 0 Å². The number of Topliss-reactive ketones (excluding diaryl/α,β-unsaturated/α-hetero) is 1. The van der Waals surface area contributed by atoms with E-state index in [0.29, 0.717) is 0 Å². The molecule has 0 radical (unpaired) electrons. The molecule has 0 saturated heterocycles. The Hall–Kier alpha value is -0.860. The van der Waals surface area contributed by atoms with Gasteiger partial charge in [-0.1, -0.05) is 0 Å². The summed E-state index contributed by atoms with van der Waals surface area (Å²) in [5, 5.41) is 2.91.